The first-order chi connectivity index (χ1) is 14.0. The third kappa shape index (κ3) is 3.38. The highest BCUT2D eigenvalue weighted by molar-refractivity contribution is 7.16. The van der Waals surface area contributed by atoms with Crippen LogP contribution in [0.25, 0.3) is 21.0 Å². The maximum atomic E-state index is 13.0. The molecule has 0 N–H and O–H groups in total. The largest absolute Gasteiger partial charge is 0.496 e. The number of non-ortho nitro benzene ring substituents is 1. The number of carbonyl (C=O) groups excluding carboxylic acids is 1. The Hall–Kier alpha value is -3.52. The number of methoxy groups -OCH3 is 1. The normalized spacial score (nSPS) is 11.9. The van der Waals surface area contributed by atoms with Crippen LogP contribution in [-0.2, 0) is 6.54 Å². The number of hydrogen-bond acceptors (Lipinski definition) is 5. The molecule has 0 spiro atoms. The van der Waals surface area contributed by atoms with Crippen molar-refractivity contribution < 1.29 is 14.5 Å². The van der Waals surface area contributed by atoms with E-state index in [1.165, 1.54) is 30.6 Å². The van der Waals surface area contributed by atoms with Crippen molar-refractivity contribution in [1.29, 1.82) is 0 Å². The molecule has 0 bridgehead atoms. The third-order valence-electron chi connectivity index (χ3n) is 4.69. The second kappa shape index (κ2) is 7.48. The molecule has 3 aromatic carbocycles. The first-order valence-electron chi connectivity index (χ1n) is 8.95. The Kier molecular flexibility index (Phi) is 4.85. The lowest BCUT2D eigenvalue weighted by Crippen LogP contribution is -2.16. The van der Waals surface area contributed by atoms with Crippen molar-refractivity contribution in [2.24, 2.45) is 4.99 Å². The average molecular weight is 407 g/mol. The molecule has 0 aliphatic heterocycles. The summed E-state index contributed by atoms with van der Waals surface area (Å²) in [6.45, 7) is 2.52. The van der Waals surface area contributed by atoms with Gasteiger partial charge in [0.1, 0.15) is 5.75 Å². The van der Waals surface area contributed by atoms with Gasteiger partial charge in [0.2, 0.25) is 0 Å². The summed E-state index contributed by atoms with van der Waals surface area (Å²) in [4.78, 5) is 28.4. The van der Waals surface area contributed by atoms with Crippen LogP contribution in [0.5, 0.6) is 5.75 Å². The molecule has 0 atom stereocenters. The van der Waals surface area contributed by atoms with Gasteiger partial charge in [0.25, 0.3) is 11.6 Å². The Morgan fingerprint density at radius 3 is 2.55 bits per heavy atom. The zero-order valence-corrected chi connectivity index (χ0v) is 16.6. The summed E-state index contributed by atoms with van der Waals surface area (Å²) in [5.41, 5.74) is 1.19. The van der Waals surface area contributed by atoms with Gasteiger partial charge in [-0.2, -0.15) is 4.99 Å². The molecule has 8 heteroatoms. The number of benzene rings is 3. The number of nitrogens with zero attached hydrogens (tertiary/aromatic N) is 3. The molecular formula is C21H17N3O4S. The molecule has 146 valence electrons. The Labute approximate surface area is 169 Å². The Morgan fingerprint density at radius 1 is 1.17 bits per heavy atom. The molecule has 7 nitrogen and oxygen atoms in total. The number of aromatic nitrogens is 1. The first-order valence-corrected chi connectivity index (χ1v) is 9.77. The lowest BCUT2D eigenvalue weighted by atomic mass is 10.1. The van der Waals surface area contributed by atoms with Crippen LogP contribution >= 0.6 is 11.3 Å². The summed E-state index contributed by atoms with van der Waals surface area (Å²) in [6.07, 6.45) is 0. The number of hydrogen-bond donors (Lipinski definition) is 0. The van der Waals surface area contributed by atoms with E-state index in [2.05, 4.69) is 4.99 Å². The summed E-state index contributed by atoms with van der Waals surface area (Å²) in [5.74, 6) is 0.0353. The molecular weight excluding hydrogens is 390 g/mol. The van der Waals surface area contributed by atoms with Crippen molar-refractivity contribution in [2.45, 2.75) is 13.5 Å². The Morgan fingerprint density at radius 2 is 1.90 bits per heavy atom. The molecule has 4 rings (SSSR count). The number of nitro groups is 1. The number of carbonyl (C=O) groups is 1. The summed E-state index contributed by atoms with van der Waals surface area (Å²) in [7, 11) is 1.52. The topological polar surface area (TPSA) is 86.7 Å². The molecule has 0 saturated carbocycles. The van der Waals surface area contributed by atoms with E-state index in [1.807, 2.05) is 41.8 Å². The predicted octanol–water partition coefficient (Wildman–Crippen LogP) is 4.53. The van der Waals surface area contributed by atoms with Crippen molar-refractivity contribution in [3.8, 4) is 5.75 Å². The highest BCUT2D eigenvalue weighted by Gasteiger charge is 2.15. The molecule has 1 aromatic heterocycles. The minimum atomic E-state index is -0.433. The van der Waals surface area contributed by atoms with Crippen molar-refractivity contribution in [2.75, 3.05) is 7.11 Å². The average Bonchev–Trinajstić information content (AvgIpc) is 3.08. The van der Waals surface area contributed by atoms with E-state index in [0.29, 0.717) is 27.4 Å². The molecule has 0 saturated heterocycles. The smallest absolute Gasteiger partial charge is 0.283 e. The van der Waals surface area contributed by atoms with E-state index >= 15 is 0 Å². The van der Waals surface area contributed by atoms with Gasteiger partial charge >= 0.3 is 0 Å². The van der Waals surface area contributed by atoms with Gasteiger partial charge in [-0.3, -0.25) is 14.9 Å². The SMILES string of the molecule is CCn1c(=NC(=O)c2cc3ccccc3cc2OC)sc2cc([N+](=O)[O-])ccc21. The lowest BCUT2D eigenvalue weighted by molar-refractivity contribution is -0.384. The molecule has 4 aromatic rings. The lowest BCUT2D eigenvalue weighted by Gasteiger charge is -2.07. The summed E-state index contributed by atoms with van der Waals surface area (Å²) in [5, 5.41) is 12.9. The number of nitro benzene ring substituents is 1. The van der Waals surface area contributed by atoms with Gasteiger partial charge in [-0.15, -0.1) is 0 Å². The fraction of sp³-hybridized carbons (Fsp3) is 0.143. The molecule has 29 heavy (non-hydrogen) atoms. The second-order valence-corrected chi connectivity index (χ2v) is 7.36. The van der Waals surface area contributed by atoms with Gasteiger partial charge in [-0.1, -0.05) is 35.6 Å². The summed E-state index contributed by atoms with van der Waals surface area (Å²) < 4.78 is 7.99. The number of thiazole rings is 1. The number of rotatable bonds is 4. The third-order valence-corrected chi connectivity index (χ3v) is 5.73. The van der Waals surface area contributed by atoms with Gasteiger partial charge in [-0.25, -0.2) is 0 Å². The van der Waals surface area contributed by atoms with Crippen LogP contribution in [-0.4, -0.2) is 22.5 Å². The van der Waals surface area contributed by atoms with Crippen LogP contribution in [0.3, 0.4) is 0 Å². The standard InChI is InChI=1S/C21H17N3O4S/c1-3-23-17-9-8-15(24(26)27)12-19(17)29-21(23)22-20(25)16-10-13-6-4-5-7-14(13)11-18(16)28-2/h4-12H,3H2,1-2H3. The number of aryl methyl sites for hydroxylation is 1. The van der Waals surface area contributed by atoms with Crippen LogP contribution in [0.2, 0.25) is 0 Å². The Bertz CT molecular complexity index is 1340. The zero-order valence-electron chi connectivity index (χ0n) is 15.8. The molecule has 0 unspecified atom stereocenters. The Balaban J connectivity index is 1.87. The van der Waals surface area contributed by atoms with Gasteiger partial charge in [-0.05, 0) is 35.9 Å². The van der Waals surface area contributed by atoms with E-state index in [-0.39, 0.29) is 5.69 Å². The monoisotopic (exact) mass is 407 g/mol. The highest BCUT2D eigenvalue weighted by atomic mass is 32.1. The minimum absolute atomic E-state index is 0.0103. The first kappa shape index (κ1) is 18.8. The van der Waals surface area contributed by atoms with Crippen molar-refractivity contribution >= 4 is 43.9 Å². The summed E-state index contributed by atoms with van der Waals surface area (Å²) >= 11 is 1.25. The van der Waals surface area contributed by atoms with Crippen LogP contribution in [0.15, 0.2) is 59.6 Å². The van der Waals surface area contributed by atoms with Crippen LogP contribution in [0.4, 0.5) is 5.69 Å². The van der Waals surface area contributed by atoms with E-state index in [9.17, 15) is 14.9 Å². The minimum Gasteiger partial charge on any atom is -0.496 e. The van der Waals surface area contributed by atoms with E-state index in [0.717, 1.165) is 16.3 Å². The van der Waals surface area contributed by atoms with Crippen molar-refractivity contribution in [3.05, 3.63) is 75.1 Å². The molecule has 0 aliphatic carbocycles. The number of amides is 1. The maximum absolute atomic E-state index is 13.0. The highest BCUT2D eigenvalue weighted by Crippen LogP contribution is 2.27. The van der Waals surface area contributed by atoms with E-state index < -0.39 is 10.8 Å². The fourth-order valence-electron chi connectivity index (χ4n) is 3.27. The van der Waals surface area contributed by atoms with Crippen LogP contribution in [0, 0.1) is 10.1 Å². The van der Waals surface area contributed by atoms with E-state index in [4.69, 9.17) is 4.74 Å². The number of fused-ring (bicyclic) bond motifs is 2. The van der Waals surface area contributed by atoms with Gasteiger partial charge in [0, 0.05) is 18.7 Å². The molecule has 0 fully saturated rings. The predicted molar refractivity (Wildman–Crippen MR) is 113 cm³/mol. The summed E-state index contributed by atoms with van der Waals surface area (Å²) in [6, 6.07) is 16.0. The molecule has 0 aliphatic rings. The van der Waals surface area contributed by atoms with Crippen LogP contribution in [0.1, 0.15) is 17.3 Å². The van der Waals surface area contributed by atoms with Gasteiger partial charge in [0.05, 0.1) is 27.8 Å². The van der Waals surface area contributed by atoms with Crippen molar-refractivity contribution in [3.63, 3.8) is 0 Å². The molecule has 1 heterocycles. The van der Waals surface area contributed by atoms with Gasteiger partial charge in [0.15, 0.2) is 4.80 Å². The van der Waals surface area contributed by atoms with Crippen LogP contribution < -0.4 is 9.54 Å². The van der Waals surface area contributed by atoms with Crippen molar-refractivity contribution in [1.82, 2.24) is 4.57 Å². The maximum Gasteiger partial charge on any atom is 0.283 e. The zero-order chi connectivity index (χ0) is 20.5. The molecule has 0 radical (unpaired) electrons. The quantitative estimate of drug-likeness (QED) is 0.367. The molecule has 1 amide bonds. The number of ether oxygens (including phenoxy) is 1. The second-order valence-electron chi connectivity index (χ2n) is 6.35. The van der Waals surface area contributed by atoms with E-state index in [1.54, 1.807) is 12.1 Å². The van der Waals surface area contributed by atoms with Gasteiger partial charge < -0.3 is 9.30 Å². The fourth-order valence-corrected chi connectivity index (χ4v) is 4.39.